The zero-order chi connectivity index (χ0) is 14.3. The Morgan fingerprint density at radius 2 is 1.52 bits per heavy atom. The van der Waals surface area contributed by atoms with Gasteiger partial charge in [0.1, 0.15) is 5.82 Å². The maximum absolute atomic E-state index is 14.0. The first-order valence-corrected chi connectivity index (χ1v) is 7.49. The fourth-order valence-electron chi connectivity index (χ4n) is 4.83. The smallest absolute Gasteiger partial charge is 0.238 e. The number of nitrogens with zero attached hydrogens (tertiary/aromatic N) is 1. The molecule has 2 bridgehead atoms. The molecule has 106 valence electrons. The van der Waals surface area contributed by atoms with Gasteiger partial charge in [0, 0.05) is 0 Å². The van der Waals surface area contributed by atoms with Crippen LogP contribution in [0.4, 0.5) is 10.1 Å². The highest BCUT2D eigenvalue weighted by Gasteiger charge is 2.67. The van der Waals surface area contributed by atoms with Crippen LogP contribution < -0.4 is 4.90 Å². The van der Waals surface area contributed by atoms with Crippen LogP contribution in [0.1, 0.15) is 6.42 Å². The summed E-state index contributed by atoms with van der Waals surface area (Å²) in [4.78, 5) is 26.6. The number of para-hydroxylation sites is 1. The second-order valence-electron chi connectivity index (χ2n) is 6.62. The average molecular weight is 283 g/mol. The van der Waals surface area contributed by atoms with E-state index in [0.717, 1.165) is 11.3 Å². The van der Waals surface area contributed by atoms with Crippen LogP contribution in [0.25, 0.3) is 0 Å². The van der Waals surface area contributed by atoms with Crippen LogP contribution in [-0.2, 0) is 9.59 Å². The molecule has 5 aliphatic rings. The molecule has 1 aromatic rings. The second-order valence-corrected chi connectivity index (χ2v) is 6.62. The van der Waals surface area contributed by atoms with E-state index in [1.807, 2.05) is 0 Å². The SMILES string of the molecule is O=C1[C@@H]2[C@H]3C=C[C@@H]([C@@H]4C[C@@H]34)[C@H]2C(=O)N1c1ccccc1F. The van der Waals surface area contributed by atoms with Crippen LogP contribution in [-0.4, -0.2) is 11.8 Å². The van der Waals surface area contributed by atoms with Crippen molar-refractivity contribution in [1.82, 2.24) is 0 Å². The molecule has 21 heavy (non-hydrogen) atoms. The van der Waals surface area contributed by atoms with Gasteiger partial charge in [0.05, 0.1) is 17.5 Å². The minimum atomic E-state index is -0.511. The highest BCUT2D eigenvalue weighted by Crippen LogP contribution is 2.65. The van der Waals surface area contributed by atoms with Crippen LogP contribution >= 0.6 is 0 Å². The van der Waals surface area contributed by atoms with Crippen molar-refractivity contribution in [2.24, 2.45) is 35.5 Å². The molecular formula is C17H14FNO2. The van der Waals surface area contributed by atoms with E-state index in [1.54, 1.807) is 12.1 Å². The number of carbonyl (C=O) groups is 2. The third kappa shape index (κ3) is 1.29. The van der Waals surface area contributed by atoms with Crippen LogP contribution in [0.5, 0.6) is 0 Å². The number of rotatable bonds is 1. The van der Waals surface area contributed by atoms with Gasteiger partial charge in [0.15, 0.2) is 0 Å². The third-order valence-corrected chi connectivity index (χ3v) is 5.76. The lowest BCUT2D eigenvalue weighted by atomic mass is 9.63. The number of allylic oxidation sites excluding steroid dienone is 2. The van der Waals surface area contributed by atoms with Gasteiger partial charge in [-0.15, -0.1) is 0 Å². The van der Waals surface area contributed by atoms with E-state index in [2.05, 4.69) is 12.2 Å². The molecule has 6 atom stereocenters. The van der Waals surface area contributed by atoms with Crippen molar-refractivity contribution >= 4 is 17.5 Å². The van der Waals surface area contributed by atoms with Crippen molar-refractivity contribution in [2.45, 2.75) is 6.42 Å². The van der Waals surface area contributed by atoms with Crippen molar-refractivity contribution in [3.63, 3.8) is 0 Å². The van der Waals surface area contributed by atoms with Gasteiger partial charge >= 0.3 is 0 Å². The molecule has 4 heteroatoms. The summed E-state index contributed by atoms with van der Waals surface area (Å²) in [5, 5.41) is 0. The summed E-state index contributed by atoms with van der Waals surface area (Å²) in [6, 6.07) is 6.03. The van der Waals surface area contributed by atoms with Gasteiger partial charge in [-0.05, 0) is 42.2 Å². The van der Waals surface area contributed by atoms with Crippen LogP contribution in [0, 0.1) is 41.3 Å². The molecule has 1 heterocycles. The van der Waals surface area contributed by atoms with Crippen LogP contribution in [0.15, 0.2) is 36.4 Å². The van der Waals surface area contributed by atoms with Crippen molar-refractivity contribution in [1.29, 1.82) is 0 Å². The largest absolute Gasteiger partial charge is 0.274 e. The average Bonchev–Trinajstić information content (AvgIpc) is 3.26. The predicted octanol–water partition coefficient (Wildman–Crippen LogP) is 2.38. The lowest BCUT2D eigenvalue weighted by molar-refractivity contribution is -0.124. The summed E-state index contributed by atoms with van der Waals surface area (Å²) < 4.78 is 14.0. The number of hydrogen-bond donors (Lipinski definition) is 0. The van der Waals surface area contributed by atoms with Crippen molar-refractivity contribution < 1.29 is 14.0 Å². The number of amides is 2. The first kappa shape index (κ1) is 11.7. The molecule has 2 saturated carbocycles. The van der Waals surface area contributed by atoms with Crippen LogP contribution in [0.3, 0.4) is 0 Å². The van der Waals surface area contributed by atoms with Gasteiger partial charge in [0.25, 0.3) is 0 Å². The highest BCUT2D eigenvalue weighted by molar-refractivity contribution is 6.22. The first-order valence-electron chi connectivity index (χ1n) is 7.49. The second kappa shape index (κ2) is 3.62. The third-order valence-electron chi connectivity index (χ3n) is 5.76. The van der Waals surface area contributed by atoms with E-state index in [-0.39, 0.29) is 41.2 Å². The van der Waals surface area contributed by atoms with E-state index in [9.17, 15) is 14.0 Å². The molecule has 6 rings (SSSR count). The standard InChI is InChI=1S/C17H14FNO2/c18-12-3-1-2-4-13(12)19-16(20)14-8-5-6-9(11-7-10(8)11)15(14)17(19)21/h1-6,8-11,14-15H,7H2/t8-,9-,10-,11-,14+,15+/m0/s1. The zero-order valence-corrected chi connectivity index (χ0v) is 11.3. The Kier molecular flexibility index (Phi) is 2.01. The number of benzene rings is 1. The van der Waals surface area contributed by atoms with E-state index in [4.69, 9.17) is 0 Å². The molecular weight excluding hydrogens is 269 g/mol. The van der Waals surface area contributed by atoms with E-state index in [0.29, 0.717) is 11.8 Å². The summed E-state index contributed by atoms with van der Waals surface area (Å²) in [5.74, 6) is 0.0308. The molecule has 2 amide bonds. The highest BCUT2D eigenvalue weighted by atomic mass is 19.1. The molecule has 0 spiro atoms. The maximum Gasteiger partial charge on any atom is 0.238 e. The summed E-state index contributed by atoms with van der Waals surface area (Å²) in [5.41, 5.74) is 0.106. The monoisotopic (exact) mass is 283 g/mol. The number of carbonyl (C=O) groups excluding carboxylic acids is 2. The Morgan fingerprint density at radius 3 is 2.10 bits per heavy atom. The summed E-state index contributed by atoms with van der Waals surface area (Å²) >= 11 is 0. The van der Waals surface area contributed by atoms with Gasteiger partial charge in [-0.1, -0.05) is 24.3 Å². The molecule has 3 nitrogen and oxygen atoms in total. The number of anilines is 1. The Hall–Kier alpha value is -1.97. The molecule has 1 aromatic carbocycles. The number of hydrogen-bond acceptors (Lipinski definition) is 2. The predicted molar refractivity (Wildman–Crippen MR) is 73.6 cm³/mol. The fourth-order valence-corrected chi connectivity index (χ4v) is 4.83. The van der Waals surface area contributed by atoms with Crippen LogP contribution in [0.2, 0.25) is 0 Å². The van der Waals surface area contributed by atoms with Gasteiger partial charge in [0.2, 0.25) is 11.8 Å². The Bertz CT molecular complexity index is 676. The Labute approximate surface area is 121 Å². The van der Waals surface area contributed by atoms with E-state index >= 15 is 0 Å². The minimum absolute atomic E-state index is 0.106. The summed E-state index contributed by atoms with van der Waals surface area (Å²) in [6.45, 7) is 0. The van der Waals surface area contributed by atoms with Gasteiger partial charge in [-0.25, -0.2) is 9.29 Å². The van der Waals surface area contributed by atoms with Crippen molar-refractivity contribution in [3.8, 4) is 0 Å². The molecule has 0 aromatic heterocycles. The van der Waals surface area contributed by atoms with Gasteiger partial charge in [-0.2, -0.15) is 0 Å². The van der Waals surface area contributed by atoms with E-state index < -0.39 is 5.82 Å². The number of halogens is 1. The summed E-state index contributed by atoms with van der Waals surface area (Å²) in [6.07, 6.45) is 5.38. The first-order chi connectivity index (χ1) is 10.2. The molecule has 0 N–H and O–H groups in total. The normalized spacial score (nSPS) is 42.2. The van der Waals surface area contributed by atoms with Crippen molar-refractivity contribution in [3.05, 3.63) is 42.2 Å². The minimum Gasteiger partial charge on any atom is -0.274 e. The fraction of sp³-hybridized carbons (Fsp3) is 0.412. The topological polar surface area (TPSA) is 37.4 Å². The molecule has 0 radical (unpaired) electrons. The lowest BCUT2D eigenvalue weighted by Crippen LogP contribution is -2.40. The molecule has 1 saturated heterocycles. The van der Waals surface area contributed by atoms with Gasteiger partial charge < -0.3 is 0 Å². The lowest BCUT2D eigenvalue weighted by Gasteiger charge is -2.37. The molecule has 1 aliphatic heterocycles. The quantitative estimate of drug-likeness (QED) is 0.586. The maximum atomic E-state index is 14.0. The summed E-state index contributed by atoms with van der Waals surface area (Å²) in [7, 11) is 0. The van der Waals surface area contributed by atoms with Gasteiger partial charge in [-0.3, -0.25) is 9.59 Å². The van der Waals surface area contributed by atoms with E-state index in [1.165, 1.54) is 12.1 Å². The molecule has 4 aliphatic carbocycles. The van der Waals surface area contributed by atoms with Crippen molar-refractivity contribution in [2.75, 3.05) is 4.90 Å². The zero-order valence-electron chi connectivity index (χ0n) is 11.3. The Morgan fingerprint density at radius 1 is 0.952 bits per heavy atom. The molecule has 3 fully saturated rings. The Balaban J connectivity index is 1.62. The molecule has 0 unspecified atom stereocenters. The number of imide groups is 1.